The van der Waals surface area contributed by atoms with E-state index in [0.717, 1.165) is 19.3 Å². The van der Waals surface area contributed by atoms with Crippen LogP contribution in [-0.2, 0) is 14.3 Å². The Bertz CT molecular complexity index is 255. The molecule has 0 saturated carbocycles. The molecule has 0 spiro atoms. The fourth-order valence-corrected chi connectivity index (χ4v) is 1.51. The first-order valence-corrected chi connectivity index (χ1v) is 6.65. The molecule has 1 amide bonds. The van der Waals surface area contributed by atoms with E-state index in [4.69, 9.17) is 9.84 Å². The van der Waals surface area contributed by atoms with Gasteiger partial charge in [0.05, 0.1) is 5.92 Å². The number of rotatable bonds is 10. The first kappa shape index (κ1) is 16.9. The highest BCUT2D eigenvalue weighted by molar-refractivity contribution is 5.81. The van der Waals surface area contributed by atoms with E-state index in [-0.39, 0.29) is 12.5 Å². The lowest BCUT2D eigenvalue weighted by molar-refractivity contribution is -0.142. The Morgan fingerprint density at radius 1 is 1.28 bits per heavy atom. The molecule has 0 aromatic rings. The minimum Gasteiger partial charge on any atom is -0.481 e. The number of carbonyl (C=O) groups excluding carboxylic acids is 1. The van der Waals surface area contributed by atoms with E-state index in [9.17, 15) is 9.59 Å². The summed E-state index contributed by atoms with van der Waals surface area (Å²) in [7, 11) is 0. The highest BCUT2D eigenvalue weighted by Gasteiger charge is 2.19. The van der Waals surface area contributed by atoms with Crippen LogP contribution in [0.25, 0.3) is 0 Å². The number of ether oxygens (including phenoxy) is 1. The molecule has 0 radical (unpaired) electrons. The minimum absolute atomic E-state index is 0.170. The Kier molecular flexibility index (Phi) is 9.28. The zero-order chi connectivity index (χ0) is 14.0. The van der Waals surface area contributed by atoms with Crippen molar-refractivity contribution in [3.05, 3.63) is 0 Å². The Hall–Kier alpha value is -1.10. The van der Waals surface area contributed by atoms with Gasteiger partial charge >= 0.3 is 5.97 Å². The van der Waals surface area contributed by atoms with Crippen molar-refractivity contribution in [1.29, 1.82) is 0 Å². The maximum absolute atomic E-state index is 11.6. The van der Waals surface area contributed by atoms with E-state index in [1.54, 1.807) is 6.92 Å². The van der Waals surface area contributed by atoms with E-state index in [2.05, 4.69) is 12.2 Å². The molecular weight excluding hydrogens is 234 g/mol. The molecule has 0 heterocycles. The third-order valence-corrected chi connectivity index (χ3v) is 2.74. The monoisotopic (exact) mass is 259 g/mol. The summed E-state index contributed by atoms with van der Waals surface area (Å²) in [5, 5.41) is 11.6. The average Bonchev–Trinajstić information content (AvgIpc) is 2.33. The maximum atomic E-state index is 11.6. The van der Waals surface area contributed by atoms with Crippen molar-refractivity contribution in [2.45, 2.75) is 52.6 Å². The molecule has 2 N–H and O–H groups in total. The molecule has 0 rings (SSSR count). The number of hydrogen-bond acceptors (Lipinski definition) is 3. The highest BCUT2D eigenvalue weighted by atomic mass is 16.5. The SMILES string of the molecule is CCCCOC(C)C(=O)NCC(CCC)C(=O)O. The molecule has 2 atom stereocenters. The summed E-state index contributed by atoms with van der Waals surface area (Å²) in [6, 6.07) is 0. The van der Waals surface area contributed by atoms with Crippen LogP contribution in [0.15, 0.2) is 0 Å². The van der Waals surface area contributed by atoms with Gasteiger partial charge in [0.15, 0.2) is 0 Å². The second-order valence-electron chi connectivity index (χ2n) is 4.44. The Balaban J connectivity index is 3.95. The topological polar surface area (TPSA) is 75.6 Å². The zero-order valence-electron chi connectivity index (χ0n) is 11.6. The fourth-order valence-electron chi connectivity index (χ4n) is 1.51. The van der Waals surface area contributed by atoms with Crippen LogP contribution in [0.2, 0.25) is 0 Å². The number of nitrogens with one attached hydrogen (secondary N) is 1. The van der Waals surface area contributed by atoms with Crippen LogP contribution in [-0.4, -0.2) is 36.2 Å². The molecule has 0 aliphatic heterocycles. The standard InChI is InChI=1S/C13H25NO4/c1-4-6-8-18-10(3)12(15)14-9-11(7-5-2)13(16)17/h10-11H,4-9H2,1-3H3,(H,14,15)(H,16,17). The molecule has 0 saturated heterocycles. The van der Waals surface area contributed by atoms with Crippen LogP contribution < -0.4 is 5.32 Å². The summed E-state index contributed by atoms with van der Waals surface area (Å²) < 4.78 is 5.34. The van der Waals surface area contributed by atoms with E-state index in [1.165, 1.54) is 0 Å². The van der Waals surface area contributed by atoms with Crippen molar-refractivity contribution in [2.24, 2.45) is 5.92 Å². The molecule has 0 aromatic carbocycles. The summed E-state index contributed by atoms with van der Waals surface area (Å²) in [6.07, 6.45) is 2.78. The molecule has 5 nitrogen and oxygen atoms in total. The molecule has 0 aromatic heterocycles. The number of unbranched alkanes of at least 4 members (excludes halogenated alkanes) is 1. The van der Waals surface area contributed by atoms with Crippen molar-refractivity contribution in [3.8, 4) is 0 Å². The predicted molar refractivity (Wildman–Crippen MR) is 69.4 cm³/mol. The maximum Gasteiger partial charge on any atom is 0.308 e. The largest absolute Gasteiger partial charge is 0.481 e. The molecule has 2 unspecified atom stereocenters. The van der Waals surface area contributed by atoms with Gasteiger partial charge in [-0.15, -0.1) is 0 Å². The summed E-state index contributed by atoms with van der Waals surface area (Å²) in [6.45, 7) is 6.39. The molecule has 106 valence electrons. The van der Waals surface area contributed by atoms with Crippen LogP contribution in [0.5, 0.6) is 0 Å². The molecule has 18 heavy (non-hydrogen) atoms. The van der Waals surface area contributed by atoms with Gasteiger partial charge < -0.3 is 15.2 Å². The van der Waals surface area contributed by atoms with Crippen molar-refractivity contribution in [1.82, 2.24) is 5.32 Å². The Morgan fingerprint density at radius 2 is 1.94 bits per heavy atom. The lowest BCUT2D eigenvalue weighted by atomic mass is 10.0. The summed E-state index contributed by atoms with van der Waals surface area (Å²) in [5.41, 5.74) is 0. The van der Waals surface area contributed by atoms with Gasteiger partial charge in [-0.2, -0.15) is 0 Å². The van der Waals surface area contributed by atoms with Crippen LogP contribution in [0.3, 0.4) is 0 Å². The highest BCUT2D eigenvalue weighted by Crippen LogP contribution is 2.05. The number of aliphatic carboxylic acids is 1. The Morgan fingerprint density at radius 3 is 2.44 bits per heavy atom. The summed E-state index contributed by atoms with van der Waals surface area (Å²) >= 11 is 0. The van der Waals surface area contributed by atoms with Gasteiger partial charge in [-0.1, -0.05) is 26.7 Å². The quantitative estimate of drug-likeness (QED) is 0.587. The molecular formula is C13H25NO4. The van der Waals surface area contributed by atoms with E-state index in [0.29, 0.717) is 13.0 Å². The van der Waals surface area contributed by atoms with Crippen LogP contribution >= 0.6 is 0 Å². The summed E-state index contributed by atoms with van der Waals surface area (Å²) in [5.74, 6) is -1.62. The van der Waals surface area contributed by atoms with Gasteiger partial charge in [0.1, 0.15) is 6.10 Å². The van der Waals surface area contributed by atoms with Gasteiger partial charge in [-0.25, -0.2) is 0 Å². The molecule has 0 bridgehead atoms. The number of carboxylic acid groups (broad SMARTS) is 1. The van der Waals surface area contributed by atoms with Gasteiger partial charge in [0, 0.05) is 13.2 Å². The van der Waals surface area contributed by atoms with Crippen molar-refractivity contribution < 1.29 is 19.4 Å². The van der Waals surface area contributed by atoms with Gasteiger partial charge in [0.25, 0.3) is 0 Å². The third kappa shape index (κ3) is 7.27. The van der Waals surface area contributed by atoms with Gasteiger partial charge in [-0.3, -0.25) is 9.59 Å². The van der Waals surface area contributed by atoms with Gasteiger partial charge in [0.2, 0.25) is 5.91 Å². The molecule has 0 aliphatic rings. The Labute approximate surface area is 109 Å². The number of amides is 1. The molecule has 0 fully saturated rings. The number of carbonyl (C=O) groups is 2. The second kappa shape index (κ2) is 9.88. The van der Waals surface area contributed by atoms with E-state index in [1.807, 2.05) is 6.92 Å². The van der Waals surface area contributed by atoms with E-state index < -0.39 is 18.0 Å². The second-order valence-corrected chi connectivity index (χ2v) is 4.44. The van der Waals surface area contributed by atoms with Crippen molar-refractivity contribution in [3.63, 3.8) is 0 Å². The van der Waals surface area contributed by atoms with E-state index >= 15 is 0 Å². The molecule has 0 aliphatic carbocycles. The van der Waals surface area contributed by atoms with Crippen molar-refractivity contribution >= 4 is 11.9 Å². The normalized spacial score (nSPS) is 13.9. The van der Waals surface area contributed by atoms with Crippen molar-refractivity contribution in [2.75, 3.05) is 13.2 Å². The van der Waals surface area contributed by atoms with Crippen LogP contribution in [0, 0.1) is 5.92 Å². The number of hydrogen-bond donors (Lipinski definition) is 2. The first-order valence-electron chi connectivity index (χ1n) is 6.65. The number of carboxylic acids is 1. The minimum atomic E-state index is -0.864. The first-order chi connectivity index (χ1) is 8.52. The lowest BCUT2D eigenvalue weighted by Crippen LogP contribution is -2.39. The van der Waals surface area contributed by atoms with Crippen LogP contribution in [0.1, 0.15) is 46.5 Å². The zero-order valence-corrected chi connectivity index (χ0v) is 11.6. The average molecular weight is 259 g/mol. The predicted octanol–water partition coefficient (Wildman–Crippen LogP) is 1.81. The third-order valence-electron chi connectivity index (χ3n) is 2.74. The summed E-state index contributed by atoms with van der Waals surface area (Å²) in [4.78, 5) is 22.5. The smallest absolute Gasteiger partial charge is 0.308 e. The fraction of sp³-hybridized carbons (Fsp3) is 0.846. The molecule has 5 heteroatoms. The van der Waals surface area contributed by atoms with Crippen LogP contribution in [0.4, 0.5) is 0 Å². The lowest BCUT2D eigenvalue weighted by Gasteiger charge is -2.16. The van der Waals surface area contributed by atoms with Gasteiger partial charge in [-0.05, 0) is 19.8 Å².